The molecule has 0 spiro atoms. The first-order chi connectivity index (χ1) is 10.6. The van der Waals surface area contributed by atoms with Crippen LogP contribution in [-0.2, 0) is 6.67 Å². The second-order valence-electron chi connectivity index (χ2n) is 5.71. The van der Waals surface area contributed by atoms with Crippen LogP contribution in [0.15, 0.2) is 29.4 Å². The molecule has 7 heteroatoms. The van der Waals surface area contributed by atoms with Crippen molar-refractivity contribution in [2.45, 2.75) is 18.2 Å². The van der Waals surface area contributed by atoms with E-state index in [1.54, 1.807) is 17.8 Å². The van der Waals surface area contributed by atoms with Crippen LogP contribution in [0.2, 0.25) is 0 Å². The molecule has 1 aromatic heterocycles. The van der Waals surface area contributed by atoms with Crippen LogP contribution in [0.4, 0.5) is 4.39 Å². The van der Waals surface area contributed by atoms with E-state index in [-0.39, 0.29) is 5.82 Å². The third-order valence-electron chi connectivity index (χ3n) is 3.60. The molecule has 0 aliphatic carbocycles. The molecule has 22 heavy (non-hydrogen) atoms. The number of aromatic nitrogens is 3. The molecule has 0 unspecified atom stereocenters. The van der Waals surface area contributed by atoms with Gasteiger partial charge in [0.15, 0.2) is 11.0 Å². The monoisotopic (exact) mass is 321 g/mol. The molecule has 0 saturated heterocycles. The second kappa shape index (κ2) is 6.76. The molecule has 0 amide bonds. The molecule has 0 radical (unpaired) electrons. The summed E-state index contributed by atoms with van der Waals surface area (Å²) in [5.74, 6) is 1.41. The summed E-state index contributed by atoms with van der Waals surface area (Å²) in [6.07, 6.45) is 1.13. The minimum Gasteiger partial charge on any atom is -0.309 e. The Labute approximate surface area is 134 Å². The van der Waals surface area contributed by atoms with Crippen molar-refractivity contribution in [2.75, 3.05) is 33.1 Å². The lowest BCUT2D eigenvalue weighted by Crippen LogP contribution is -2.32. The van der Waals surface area contributed by atoms with E-state index in [4.69, 9.17) is 0 Å². The van der Waals surface area contributed by atoms with Gasteiger partial charge in [-0.25, -0.2) is 4.39 Å². The van der Waals surface area contributed by atoms with Crippen molar-refractivity contribution in [1.82, 2.24) is 24.6 Å². The van der Waals surface area contributed by atoms with E-state index in [0.717, 1.165) is 48.6 Å². The first-order valence-corrected chi connectivity index (χ1v) is 8.31. The molecule has 2 heterocycles. The smallest absolute Gasteiger partial charge is 0.193 e. The van der Waals surface area contributed by atoms with Gasteiger partial charge in [0.1, 0.15) is 5.82 Å². The highest BCUT2D eigenvalue weighted by molar-refractivity contribution is 7.99. The molecule has 118 valence electrons. The van der Waals surface area contributed by atoms with Gasteiger partial charge in [0, 0.05) is 12.1 Å². The predicted molar refractivity (Wildman–Crippen MR) is 86.0 cm³/mol. The highest BCUT2D eigenvalue weighted by Crippen LogP contribution is 2.29. The number of nitrogens with zero attached hydrogens (tertiary/aromatic N) is 5. The van der Waals surface area contributed by atoms with E-state index in [9.17, 15) is 4.39 Å². The summed E-state index contributed by atoms with van der Waals surface area (Å²) < 4.78 is 15.5. The normalized spacial score (nSPS) is 15.3. The standard InChI is InChI=1S/C15H20FN5S/c1-19(2)7-4-8-20-10-21-14(17-18-15(21)22-11-20)12-5-3-6-13(16)9-12/h3,5-6,9H,4,7-8,10-11H2,1-2H3. The molecular weight excluding hydrogens is 301 g/mol. The van der Waals surface area contributed by atoms with Gasteiger partial charge in [-0.2, -0.15) is 0 Å². The first kappa shape index (κ1) is 15.5. The highest BCUT2D eigenvalue weighted by Gasteiger charge is 2.22. The third kappa shape index (κ3) is 3.48. The zero-order valence-corrected chi connectivity index (χ0v) is 13.7. The maximum atomic E-state index is 13.4. The van der Waals surface area contributed by atoms with E-state index in [1.165, 1.54) is 12.1 Å². The Morgan fingerprint density at radius 2 is 2.18 bits per heavy atom. The van der Waals surface area contributed by atoms with Crippen LogP contribution in [0.1, 0.15) is 6.42 Å². The van der Waals surface area contributed by atoms with Crippen LogP contribution in [0.5, 0.6) is 0 Å². The SMILES string of the molecule is CN(C)CCCN1CSc2nnc(-c3cccc(F)c3)n2C1. The van der Waals surface area contributed by atoms with Crippen molar-refractivity contribution < 1.29 is 4.39 Å². The number of rotatable bonds is 5. The van der Waals surface area contributed by atoms with Crippen LogP contribution in [0, 0.1) is 5.82 Å². The Morgan fingerprint density at radius 1 is 1.32 bits per heavy atom. The van der Waals surface area contributed by atoms with Crippen LogP contribution >= 0.6 is 11.8 Å². The molecular formula is C15H20FN5S. The summed E-state index contributed by atoms with van der Waals surface area (Å²) in [5, 5.41) is 9.37. The molecule has 2 aromatic rings. The third-order valence-corrected chi connectivity index (χ3v) is 4.65. The van der Waals surface area contributed by atoms with Crippen molar-refractivity contribution in [2.24, 2.45) is 0 Å². The van der Waals surface area contributed by atoms with Crippen LogP contribution in [-0.4, -0.2) is 57.6 Å². The zero-order valence-electron chi connectivity index (χ0n) is 12.9. The van der Waals surface area contributed by atoms with Gasteiger partial charge in [0.2, 0.25) is 0 Å². The number of benzene rings is 1. The molecule has 0 bridgehead atoms. The molecule has 1 aliphatic heterocycles. The average Bonchev–Trinajstić information content (AvgIpc) is 2.90. The summed E-state index contributed by atoms with van der Waals surface area (Å²) in [7, 11) is 4.18. The van der Waals surface area contributed by atoms with E-state index < -0.39 is 0 Å². The van der Waals surface area contributed by atoms with E-state index in [1.807, 2.05) is 6.07 Å². The van der Waals surface area contributed by atoms with Gasteiger partial charge < -0.3 is 4.90 Å². The average molecular weight is 321 g/mol. The van der Waals surface area contributed by atoms with Crippen molar-refractivity contribution in [3.8, 4) is 11.4 Å². The minimum absolute atomic E-state index is 0.249. The number of halogens is 1. The topological polar surface area (TPSA) is 37.2 Å². The van der Waals surface area contributed by atoms with Crippen LogP contribution in [0.25, 0.3) is 11.4 Å². The van der Waals surface area contributed by atoms with E-state index in [2.05, 4.69) is 38.7 Å². The fraction of sp³-hybridized carbons (Fsp3) is 0.467. The Balaban J connectivity index is 1.74. The summed E-state index contributed by atoms with van der Waals surface area (Å²) in [6, 6.07) is 6.53. The number of hydrogen-bond donors (Lipinski definition) is 0. The van der Waals surface area contributed by atoms with Crippen molar-refractivity contribution >= 4 is 11.8 Å². The molecule has 3 rings (SSSR count). The second-order valence-corrected chi connectivity index (χ2v) is 6.62. The minimum atomic E-state index is -0.249. The van der Waals surface area contributed by atoms with Gasteiger partial charge in [0.25, 0.3) is 0 Å². The maximum absolute atomic E-state index is 13.4. The zero-order chi connectivity index (χ0) is 15.5. The maximum Gasteiger partial charge on any atom is 0.193 e. The lowest BCUT2D eigenvalue weighted by atomic mass is 10.2. The van der Waals surface area contributed by atoms with Crippen molar-refractivity contribution in [1.29, 1.82) is 0 Å². The lowest BCUT2D eigenvalue weighted by Gasteiger charge is -2.28. The fourth-order valence-corrected chi connectivity index (χ4v) is 3.41. The van der Waals surface area contributed by atoms with E-state index in [0.29, 0.717) is 0 Å². The molecule has 5 nitrogen and oxygen atoms in total. The highest BCUT2D eigenvalue weighted by atomic mass is 32.2. The molecule has 1 aromatic carbocycles. The van der Waals surface area contributed by atoms with Gasteiger partial charge in [-0.15, -0.1) is 10.2 Å². The Kier molecular flexibility index (Phi) is 4.75. The van der Waals surface area contributed by atoms with Crippen molar-refractivity contribution in [3.63, 3.8) is 0 Å². The molecule has 0 saturated carbocycles. The number of thioether (sulfide) groups is 1. The van der Waals surface area contributed by atoms with Gasteiger partial charge in [-0.1, -0.05) is 23.9 Å². The summed E-state index contributed by atoms with van der Waals surface area (Å²) >= 11 is 1.68. The Morgan fingerprint density at radius 3 is 2.95 bits per heavy atom. The summed E-state index contributed by atoms with van der Waals surface area (Å²) in [4.78, 5) is 4.56. The van der Waals surface area contributed by atoms with Crippen molar-refractivity contribution in [3.05, 3.63) is 30.1 Å². The fourth-order valence-electron chi connectivity index (χ4n) is 2.50. The van der Waals surface area contributed by atoms with Gasteiger partial charge in [-0.05, 0) is 39.2 Å². The summed E-state index contributed by atoms with van der Waals surface area (Å²) in [6.45, 7) is 2.87. The Bertz CT molecular complexity index is 643. The Hall–Kier alpha value is -1.44. The van der Waals surface area contributed by atoms with Crippen LogP contribution < -0.4 is 0 Å². The first-order valence-electron chi connectivity index (χ1n) is 7.32. The van der Waals surface area contributed by atoms with Gasteiger partial charge >= 0.3 is 0 Å². The molecule has 1 aliphatic rings. The number of fused-ring (bicyclic) bond motifs is 1. The lowest BCUT2D eigenvalue weighted by molar-refractivity contribution is 0.226. The molecule has 0 N–H and O–H groups in total. The van der Waals surface area contributed by atoms with Gasteiger partial charge in [0.05, 0.1) is 12.5 Å². The summed E-state index contributed by atoms with van der Waals surface area (Å²) in [5.41, 5.74) is 0.773. The predicted octanol–water partition coefficient (Wildman–Crippen LogP) is 2.36. The number of hydrogen-bond acceptors (Lipinski definition) is 5. The van der Waals surface area contributed by atoms with Crippen LogP contribution in [0.3, 0.4) is 0 Å². The van der Waals surface area contributed by atoms with E-state index >= 15 is 0 Å². The quantitative estimate of drug-likeness (QED) is 0.845. The largest absolute Gasteiger partial charge is 0.309 e. The van der Waals surface area contributed by atoms with Gasteiger partial charge in [-0.3, -0.25) is 9.47 Å². The molecule has 0 fully saturated rings. The molecule has 0 atom stereocenters.